The van der Waals surface area contributed by atoms with Gasteiger partial charge in [0.1, 0.15) is 0 Å². The zero-order valence-electron chi connectivity index (χ0n) is 18.7. The molecule has 34 heavy (non-hydrogen) atoms. The van der Waals surface area contributed by atoms with E-state index in [1.807, 2.05) is 0 Å². The Morgan fingerprint density at radius 1 is 1.00 bits per heavy atom. The molecule has 1 spiro atoms. The summed E-state index contributed by atoms with van der Waals surface area (Å²) in [7, 11) is 4.33. The standard InChI is InChI=1S/C17H26N2O.2C2HF3O2/c1-18(2)16-12-17(20-14-16)8-10-19(11-9-17)13-15-6-4-3-5-7-15;2*3-2(4,5)1(6)7/h3-7,16H,8-14H2,1-2H3;2*(H,6,7). The van der Waals surface area contributed by atoms with Crippen molar-refractivity contribution in [2.24, 2.45) is 0 Å². The van der Waals surface area contributed by atoms with E-state index in [-0.39, 0.29) is 5.60 Å². The molecule has 1 unspecified atom stereocenters. The van der Waals surface area contributed by atoms with Crippen molar-refractivity contribution in [3.8, 4) is 0 Å². The largest absolute Gasteiger partial charge is 0.490 e. The first-order valence-corrected chi connectivity index (χ1v) is 10.2. The predicted octanol–water partition coefficient (Wildman–Crippen LogP) is 3.64. The molecule has 2 aliphatic heterocycles. The number of aliphatic carboxylic acids is 2. The van der Waals surface area contributed by atoms with Crippen LogP contribution >= 0.6 is 0 Å². The number of likely N-dealkylation sites (tertiary alicyclic amines) is 1. The first-order chi connectivity index (χ1) is 15.6. The maximum absolute atomic E-state index is 10.6. The minimum absolute atomic E-state index is 0.169. The monoisotopic (exact) mass is 502 g/mol. The van der Waals surface area contributed by atoms with Gasteiger partial charge in [-0.15, -0.1) is 0 Å². The molecular formula is C21H28F6N2O5. The summed E-state index contributed by atoms with van der Waals surface area (Å²) in [5, 5.41) is 14.2. The third-order valence-corrected chi connectivity index (χ3v) is 5.42. The summed E-state index contributed by atoms with van der Waals surface area (Å²) in [6, 6.07) is 11.4. The van der Waals surface area contributed by atoms with Gasteiger partial charge < -0.3 is 19.8 Å². The average molecular weight is 502 g/mol. The number of carbonyl (C=O) groups is 2. The number of halogens is 6. The van der Waals surface area contributed by atoms with Crippen LogP contribution in [0.4, 0.5) is 26.3 Å². The highest BCUT2D eigenvalue weighted by Crippen LogP contribution is 2.37. The van der Waals surface area contributed by atoms with Crippen molar-refractivity contribution in [3.05, 3.63) is 35.9 Å². The maximum atomic E-state index is 10.6. The molecule has 0 radical (unpaired) electrons. The predicted molar refractivity (Wildman–Crippen MR) is 109 cm³/mol. The van der Waals surface area contributed by atoms with E-state index in [0.29, 0.717) is 6.04 Å². The molecule has 2 N–H and O–H groups in total. The third-order valence-electron chi connectivity index (χ3n) is 5.42. The zero-order chi connectivity index (χ0) is 26.2. The Morgan fingerprint density at radius 2 is 1.44 bits per heavy atom. The van der Waals surface area contributed by atoms with E-state index in [1.165, 1.54) is 24.8 Å². The van der Waals surface area contributed by atoms with E-state index in [9.17, 15) is 26.3 Å². The molecule has 13 heteroatoms. The van der Waals surface area contributed by atoms with Crippen molar-refractivity contribution in [2.75, 3.05) is 33.8 Å². The second kappa shape index (κ2) is 12.4. The van der Waals surface area contributed by atoms with E-state index in [0.717, 1.165) is 26.2 Å². The lowest BCUT2D eigenvalue weighted by Gasteiger charge is -2.39. The Kier molecular flexibility index (Phi) is 10.8. The molecule has 1 aromatic rings. The minimum Gasteiger partial charge on any atom is -0.475 e. The number of carboxylic acid groups (broad SMARTS) is 2. The van der Waals surface area contributed by atoms with Gasteiger partial charge >= 0.3 is 24.3 Å². The summed E-state index contributed by atoms with van der Waals surface area (Å²) >= 11 is 0. The second-order valence-corrected chi connectivity index (χ2v) is 8.18. The highest BCUT2D eigenvalue weighted by molar-refractivity contribution is 5.73. The molecule has 2 saturated heterocycles. The lowest BCUT2D eigenvalue weighted by Crippen LogP contribution is -2.44. The van der Waals surface area contributed by atoms with Gasteiger partial charge in [-0.2, -0.15) is 26.3 Å². The summed E-state index contributed by atoms with van der Waals surface area (Å²) in [4.78, 5) is 22.7. The van der Waals surface area contributed by atoms with Gasteiger partial charge in [-0.05, 0) is 38.9 Å². The van der Waals surface area contributed by atoms with Gasteiger partial charge in [-0.1, -0.05) is 30.3 Å². The van der Waals surface area contributed by atoms with Gasteiger partial charge in [-0.25, -0.2) is 9.59 Å². The minimum atomic E-state index is -5.08. The number of piperidine rings is 1. The fourth-order valence-electron chi connectivity index (χ4n) is 3.46. The molecule has 0 amide bonds. The van der Waals surface area contributed by atoms with E-state index in [4.69, 9.17) is 24.5 Å². The highest BCUT2D eigenvalue weighted by atomic mass is 19.4. The first-order valence-electron chi connectivity index (χ1n) is 10.2. The Hall–Kier alpha value is -2.38. The van der Waals surface area contributed by atoms with Gasteiger partial charge in [-0.3, -0.25) is 4.90 Å². The summed E-state index contributed by atoms with van der Waals surface area (Å²) in [5.74, 6) is -5.51. The van der Waals surface area contributed by atoms with Crippen LogP contribution < -0.4 is 0 Å². The van der Waals surface area contributed by atoms with Crippen LogP contribution in [0.25, 0.3) is 0 Å². The van der Waals surface area contributed by atoms with Crippen molar-refractivity contribution in [2.45, 2.75) is 49.8 Å². The molecule has 0 bridgehead atoms. The molecular weight excluding hydrogens is 474 g/mol. The summed E-state index contributed by atoms with van der Waals surface area (Å²) in [6.45, 7) is 4.31. The van der Waals surface area contributed by atoms with Crippen LogP contribution in [-0.2, 0) is 20.9 Å². The van der Waals surface area contributed by atoms with E-state index in [1.54, 1.807) is 0 Å². The van der Waals surface area contributed by atoms with Crippen LogP contribution in [0.3, 0.4) is 0 Å². The number of benzene rings is 1. The highest BCUT2D eigenvalue weighted by Gasteiger charge is 2.43. The van der Waals surface area contributed by atoms with Crippen molar-refractivity contribution >= 4 is 11.9 Å². The number of carboxylic acids is 2. The topological polar surface area (TPSA) is 90.3 Å². The Balaban J connectivity index is 0.000000343. The molecule has 2 heterocycles. The molecule has 0 aliphatic carbocycles. The van der Waals surface area contributed by atoms with Crippen LogP contribution in [0.2, 0.25) is 0 Å². The Bertz CT molecular complexity index is 754. The molecule has 3 rings (SSSR count). The molecule has 2 fully saturated rings. The lowest BCUT2D eigenvalue weighted by molar-refractivity contribution is -0.193. The molecule has 0 aromatic heterocycles. The van der Waals surface area contributed by atoms with Gasteiger partial charge in [0.15, 0.2) is 0 Å². The number of hydrogen-bond acceptors (Lipinski definition) is 5. The third kappa shape index (κ3) is 10.3. The smallest absolute Gasteiger partial charge is 0.475 e. The van der Waals surface area contributed by atoms with E-state index in [2.05, 4.69) is 54.2 Å². The van der Waals surface area contributed by atoms with Crippen molar-refractivity contribution < 1.29 is 50.9 Å². The summed E-state index contributed by atoms with van der Waals surface area (Å²) in [5.41, 5.74) is 1.59. The van der Waals surface area contributed by atoms with Crippen molar-refractivity contribution in [1.82, 2.24) is 9.80 Å². The summed E-state index contributed by atoms with van der Waals surface area (Å²) in [6.07, 6.45) is -6.59. The fourth-order valence-corrected chi connectivity index (χ4v) is 3.46. The normalized spacial score (nSPS) is 20.2. The molecule has 2 aliphatic rings. The van der Waals surface area contributed by atoms with Gasteiger partial charge in [0.25, 0.3) is 0 Å². The van der Waals surface area contributed by atoms with Crippen LogP contribution in [0.15, 0.2) is 30.3 Å². The zero-order valence-corrected chi connectivity index (χ0v) is 18.7. The van der Waals surface area contributed by atoms with Gasteiger partial charge in [0.2, 0.25) is 0 Å². The first kappa shape index (κ1) is 29.7. The van der Waals surface area contributed by atoms with E-state index >= 15 is 0 Å². The summed E-state index contributed by atoms with van der Waals surface area (Å²) < 4.78 is 69.7. The number of ether oxygens (including phenoxy) is 1. The average Bonchev–Trinajstić information content (AvgIpc) is 3.14. The van der Waals surface area contributed by atoms with Crippen molar-refractivity contribution in [1.29, 1.82) is 0 Å². The van der Waals surface area contributed by atoms with Gasteiger partial charge in [0, 0.05) is 25.7 Å². The van der Waals surface area contributed by atoms with Crippen molar-refractivity contribution in [3.63, 3.8) is 0 Å². The number of nitrogens with zero attached hydrogens (tertiary/aromatic N) is 2. The number of likely N-dealkylation sites (N-methyl/N-ethyl adjacent to an activating group) is 1. The molecule has 194 valence electrons. The van der Waals surface area contributed by atoms with E-state index < -0.39 is 24.3 Å². The van der Waals surface area contributed by atoms with Gasteiger partial charge in [0.05, 0.1) is 12.2 Å². The quantitative estimate of drug-likeness (QED) is 0.610. The number of hydrogen-bond donors (Lipinski definition) is 2. The molecule has 1 aromatic carbocycles. The van der Waals surface area contributed by atoms with Crippen LogP contribution in [0.1, 0.15) is 24.8 Å². The van der Waals surface area contributed by atoms with Crippen LogP contribution in [0.5, 0.6) is 0 Å². The molecule has 7 nitrogen and oxygen atoms in total. The van der Waals surface area contributed by atoms with Crippen LogP contribution in [0, 0.1) is 0 Å². The van der Waals surface area contributed by atoms with Crippen LogP contribution in [-0.4, -0.2) is 89.7 Å². The Morgan fingerprint density at radius 3 is 1.79 bits per heavy atom. The molecule has 0 saturated carbocycles. The Labute approximate surface area is 192 Å². The number of alkyl halides is 6. The second-order valence-electron chi connectivity index (χ2n) is 8.18. The number of rotatable bonds is 3. The fraction of sp³-hybridized carbons (Fsp3) is 0.619. The lowest BCUT2D eigenvalue weighted by atomic mass is 9.87. The SMILES string of the molecule is CN(C)C1COC2(CCN(Cc3ccccc3)CC2)C1.O=C(O)C(F)(F)F.O=C(O)C(F)(F)F. The molecule has 1 atom stereocenters. The maximum Gasteiger partial charge on any atom is 0.490 e.